The van der Waals surface area contributed by atoms with E-state index in [2.05, 4.69) is 9.71 Å². The second-order valence-electron chi connectivity index (χ2n) is 5.19. The molecule has 3 rings (SSSR count). The molecule has 23 heavy (non-hydrogen) atoms. The predicted molar refractivity (Wildman–Crippen MR) is 81.7 cm³/mol. The summed E-state index contributed by atoms with van der Waals surface area (Å²) in [6.45, 7) is 0.198. The van der Waals surface area contributed by atoms with Crippen molar-refractivity contribution in [1.82, 2.24) is 9.71 Å². The van der Waals surface area contributed by atoms with Crippen molar-refractivity contribution in [2.45, 2.75) is 17.4 Å². The summed E-state index contributed by atoms with van der Waals surface area (Å²) >= 11 is 0. The Labute approximate surface area is 133 Å². The molecule has 120 valence electrons. The number of amides is 1. The number of hydrogen-bond acceptors (Lipinski definition) is 4. The Morgan fingerprint density at radius 3 is 2.61 bits per heavy atom. The van der Waals surface area contributed by atoms with Crippen molar-refractivity contribution in [3.05, 3.63) is 54.6 Å². The molecular weight excluding hydrogens is 321 g/mol. The Balaban J connectivity index is 1.74. The maximum atomic E-state index is 13.0. The minimum Gasteiger partial charge on any atom is -0.311 e. The van der Waals surface area contributed by atoms with Crippen LogP contribution in [0.4, 0.5) is 10.1 Å². The topological polar surface area (TPSA) is 79.4 Å². The molecule has 0 radical (unpaired) electrons. The van der Waals surface area contributed by atoms with Gasteiger partial charge in [-0.1, -0.05) is 0 Å². The lowest BCUT2D eigenvalue weighted by Gasteiger charge is -2.17. The van der Waals surface area contributed by atoms with E-state index in [1.165, 1.54) is 53.7 Å². The summed E-state index contributed by atoms with van der Waals surface area (Å²) < 4.78 is 40.0. The molecule has 0 saturated carbocycles. The predicted octanol–water partition coefficient (Wildman–Crippen LogP) is 1.30. The van der Waals surface area contributed by atoms with Crippen molar-refractivity contribution in [3.8, 4) is 0 Å². The molecule has 2 aromatic rings. The van der Waals surface area contributed by atoms with Crippen LogP contribution in [0.1, 0.15) is 6.42 Å². The van der Waals surface area contributed by atoms with Crippen LogP contribution < -0.4 is 9.62 Å². The Kier molecular flexibility index (Phi) is 4.10. The van der Waals surface area contributed by atoms with Crippen molar-refractivity contribution in [3.63, 3.8) is 0 Å². The number of pyridine rings is 1. The number of nitrogens with zero attached hydrogens (tertiary/aromatic N) is 2. The molecule has 6 nitrogen and oxygen atoms in total. The fraction of sp³-hybridized carbons (Fsp3) is 0.200. The fourth-order valence-corrected chi connectivity index (χ4v) is 3.64. The van der Waals surface area contributed by atoms with Crippen LogP contribution in [0.5, 0.6) is 0 Å². The molecule has 1 atom stereocenters. The zero-order valence-electron chi connectivity index (χ0n) is 12.0. The molecule has 1 amide bonds. The summed E-state index contributed by atoms with van der Waals surface area (Å²) in [5, 5.41) is 0. The van der Waals surface area contributed by atoms with Gasteiger partial charge in [0.1, 0.15) is 10.7 Å². The van der Waals surface area contributed by atoms with E-state index < -0.39 is 21.9 Å². The number of halogens is 1. The summed E-state index contributed by atoms with van der Waals surface area (Å²) in [5.41, 5.74) is 0.541. The van der Waals surface area contributed by atoms with E-state index in [1.54, 1.807) is 0 Å². The van der Waals surface area contributed by atoms with Crippen molar-refractivity contribution in [2.75, 3.05) is 11.4 Å². The molecule has 1 aromatic carbocycles. The van der Waals surface area contributed by atoms with Gasteiger partial charge >= 0.3 is 0 Å². The van der Waals surface area contributed by atoms with Gasteiger partial charge < -0.3 is 4.90 Å². The third-order valence-corrected chi connectivity index (χ3v) is 5.04. The molecule has 1 aliphatic rings. The van der Waals surface area contributed by atoms with Crippen LogP contribution in [0.2, 0.25) is 0 Å². The van der Waals surface area contributed by atoms with Crippen molar-refractivity contribution < 1.29 is 17.6 Å². The van der Waals surface area contributed by atoms with Gasteiger partial charge in [0.05, 0.1) is 0 Å². The Hall–Kier alpha value is -2.32. The summed E-state index contributed by atoms with van der Waals surface area (Å²) in [6.07, 6.45) is 2.78. The van der Waals surface area contributed by atoms with Crippen LogP contribution in [0.25, 0.3) is 0 Å². The summed E-state index contributed by atoms with van der Waals surface area (Å²) in [6, 6.07) is 7.92. The van der Waals surface area contributed by atoms with Crippen LogP contribution in [0.3, 0.4) is 0 Å². The molecule has 8 heteroatoms. The number of benzene rings is 1. The van der Waals surface area contributed by atoms with E-state index >= 15 is 0 Å². The lowest BCUT2D eigenvalue weighted by atomic mass is 10.3. The van der Waals surface area contributed by atoms with Gasteiger partial charge in [-0.25, -0.2) is 17.5 Å². The highest BCUT2D eigenvalue weighted by molar-refractivity contribution is 7.89. The van der Waals surface area contributed by atoms with Gasteiger partial charge in [-0.15, -0.1) is 0 Å². The second-order valence-corrected chi connectivity index (χ2v) is 6.91. The third-order valence-electron chi connectivity index (χ3n) is 3.53. The SMILES string of the molecule is O=C1C[C@H](NS(=O)(=O)c2cccnc2)CN1c1ccc(F)cc1. The molecule has 1 N–H and O–H groups in total. The van der Waals surface area contributed by atoms with E-state index in [4.69, 9.17) is 0 Å². The average Bonchev–Trinajstić information content (AvgIpc) is 2.89. The van der Waals surface area contributed by atoms with Crippen LogP contribution in [0, 0.1) is 5.82 Å². The number of carbonyl (C=O) groups is 1. The van der Waals surface area contributed by atoms with Crippen LogP contribution in [-0.2, 0) is 14.8 Å². The lowest BCUT2D eigenvalue weighted by molar-refractivity contribution is -0.117. The largest absolute Gasteiger partial charge is 0.311 e. The number of nitrogens with one attached hydrogen (secondary N) is 1. The van der Waals surface area contributed by atoms with Gasteiger partial charge in [0.15, 0.2) is 0 Å². The molecule has 0 aliphatic carbocycles. The van der Waals surface area contributed by atoms with Crippen LogP contribution >= 0.6 is 0 Å². The van der Waals surface area contributed by atoms with E-state index in [9.17, 15) is 17.6 Å². The van der Waals surface area contributed by atoms with Gasteiger partial charge in [-0.2, -0.15) is 0 Å². The Bertz CT molecular complexity index is 810. The molecular formula is C15H14FN3O3S. The molecule has 1 saturated heterocycles. The maximum absolute atomic E-state index is 13.0. The number of anilines is 1. The highest BCUT2D eigenvalue weighted by Crippen LogP contribution is 2.22. The normalized spacial score (nSPS) is 18.4. The van der Waals surface area contributed by atoms with Crippen LogP contribution in [-0.4, -0.2) is 31.9 Å². The number of hydrogen-bond donors (Lipinski definition) is 1. The Morgan fingerprint density at radius 2 is 1.96 bits per heavy atom. The highest BCUT2D eigenvalue weighted by atomic mass is 32.2. The number of rotatable bonds is 4. The van der Waals surface area contributed by atoms with E-state index in [1.807, 2.05) is 0 Å². The minimum atomic E-state index is -3.73. The quantitative estimate of drug-likeness (QED) is 0.913. The third kappa shape index (κ3) is 3.38. The number of carbonyl (C=O) groups excluding carboxylic acids is 1. The smallest absolute Gasteiger partial charge is 0.242 e. The maximum Gasteiger partial charge on any atom is 0.242 e. The molecule has 1 aromatic heterocycles. The molecule has 2 heterocycles. The summed E-state index contributed by atoms with van der Waals surface area (Å²) in [5.74, 6) is -0.607. The Morgan fingerprint density at radius 1 is 1.22 bits per heavy atom. The highest BCUT2D eigenvalue weighted by Gasteiger charge is 2.33. The van der Waals surface area contributed by atoms with Gasteiger partial charge in [-0.3, -0.25) is 9.78 Å². The van der Waals surface area contributed by atoms with Crippen molar-refractivity contribution in [1.29, 1.82) is 0 Å². The van der Waals surface area contributed by atoms with Crippen molar-refractivity contribution >= 4 is 21.6 Å². The van der Waals surface area contributed by atoms with E-state index in [0.29, 0.717) is 5.69 Å². The van der Waals surface area contributed by atoms with E-state index in [0.717, 1.165) is 0 Å². The standard InChI is InChI=1S/C15H14FN3O3S/c16-11-3-5-13(6-4-11)19-10-12(8-15(19)20)18-23(21,22)14-2-1-7-17-9-14/h1-7,9,12,18H,8,10H2/t12-/m0/s1. The van der Waals surface area contributed by atoms with E-state index in [-0.39, 0.29) is 23.8 Å². The summed E-state index contributed by atoms with van der Waals surface area (Å²) in [4.78, 5) is 17.3. The molecule has 0 bridgehead atoms. The van der Waals surface area contributed by atoms with Gasteiger partial charge in [-0.05, 0) is 36.4 Å². The number of aromatic nitrogens is 1. The monoisotopic (exact) mass is 335 g/mol. The van der Waals surface area contributed by atoms with Crippen molar-refractivity contribution in [2.24, 2.45) is 0 Å². The van der Waals surface area contributed by atoms with Gasteiger partial charge in [0.25, 0.3) is 0 Å². The molecule has 0 spiro atoms. The first-order chi connectivity index (χ1) is 11.0. The van der Waals surface area contributed by atoms with Gasteiger partial charge in [0, 0.05) is 37.1 Å². The zero-order valence-corrected chi connectivity index (χ0v) is 12.8. The zero-order chi connectivity index (χ0) is 16.4. The molecule has 1 aliphatic heterocycles. The second kappa shape index (κ2) is 6.05. The van der Waals surface area contributed by atoms with Crippen LogP contribution in [0.15, 0.2) is 53.7 Å². The first kappa shape index (κ1) is 15.6. The number of sulfonamides is 1. The molecule has 1 fully saturated rings. The summed E-state index contributed by atoms with van der Waals surface area (Å²) in [7, 11) is -3.73. The lowest BCUT2D eigenvalue weighted by Crippen LogP contribution is -2.37. The minimum absolute atomic E-state index is 0.0488. The van der Waals surface area contributed by atoms with Gasteiger partial charge in [0.2, 0.25) is 15.9 Å². The fourth-order valence-electron chi connectivity index (χ4n) is 2.45. The first-order valence-corrected chi connectivity index (χ1v) is 8.42. The average molecular weight is 335 g/mol. The molecule has 0 unspecified atom stereocenters. The first-order valence-electron chi connectivity index (χ1n) is 6.94.